The molecule has 0 aliphatic rings. The van der Waals surface area contributed by atoms with Crippen LogP contribution in [0.2, 0.25) is 0 Å². The van der Waals surface area contributed by atoms with Gasteiger partial charge in [-0.25, -0.2) is 4.79 Å². The molecule has 4 aromatic rings. The third kappa shape index (κ3) is 5.83. The van der Waals surface area contributed by atoms with E-state index in [9.17, 15) is 9.59 Å². The number of esters is 1. The fourth-order valence-electron chi connectivity index (χ4n) is 4.32. The molecule has 1 amide bonds. The summed E-state index contributed by atoms with van der Waals surface area (Å²) in [6, 6.07) is 23.8. The van der Waals surface area contributed by atoms with E-state index in [2.05, 4.69) is 42.1 Å². The fourth-order valence-corrected chi connectivity index (χ4v) is 4.32. The van der Waals surface area contributed by atoms with Gasteiger partial charge in [0.2, 0.25) is 5.91 Å². The highest BCUT2D eigenvalue weighted by atomic mass is 16.5. The van der Waals surface area contributed by atoms with Crippen molar-refractivity contribution in [2.24, 2.45) is 0 Å². The Labute approximate surface area is 212 Å². The number of amides is 1. The van der Waals surface area contributed by atoms with E-state index in [1.165, 1.54) is 12.7 Å². The number of hydrogen-bond donors (Lipinski definition) is 1. The van der Waals surface area contributed by atoms with Crippen molar-refractivity contribution >= 4 is 28.5 Å². The van der Waals surface area contributed by atoms with Crippen LogP contribution in [0, 0.1) is 0 Å². The molecular formula is C30H33N3O3. The van der Waals surface area contributed by atoms with Crippen LogP contribution in [-0.4, -0.2) is 48.6 Å². The van der Waals surface area contributed by atoms with Gasteiger partial charge in [0, 0.05) is 41.4 Å². The summed E-state index contributed by atoms with van der Waals surface area (Å²) in [7, 11) is 3.32. The van der Waals surface area contributed by atoms with Gasteiger partial charge in [0.15, 0.2) is 0 Å². The predicted octanol–water partition coefficient (Wildman–Crippen LogP) is 5.79. The van der Waals surface area contributed by atoms with E-state index in [1.54, 1.807) is 6.07 Å². The molecule has 0 saturated carbocycles. The van der Waals surface area contributed by atoms with Crippen LogP contribution >= 0.6 is 0 Å². The SMILES string of the molecule is COC(=O)c1ccc2c(-c3ccccc3)cn(CCN(C)CC(=O)Nc3ccc(C(C)C)cc3)c2c1. The van der Waals surface area contributed by atoms with Crippen molar-refractivity contribution in [1.82, 2.24) is 9.47 Å². The zero-order valence-corrected chi connectivity index (χ0v) is 21.3. The molecule has 186 valence electrons. The molecule has 6 nitrogen and oxygen atoms in total. The predicted molar refractivity (Wildman–Crippen MR) is 145 cm³/mol. The number of methoxy groups -OCH3 is 1. The van der Waals surface area contributed by atoms with Crippen molar-refractivity contribution in [2.45, 2.75) is 26.3 Å². The van der Waals surface area contributed by atoms with Crippen LogP contribution in [0.15, 0.2) is 79.0 Å². The number of carbonyl (C=O) groups is 2. The first-order valence-corrected chi connectivity index (χ1v) is 12.2. The molecule has 0 unspecified atom stereocenters. The lowest BCUT2D eigenvalue weighted by Crippen LogP contribution is -2.32. The number of aromatic nitrogens is 1. The molecule has 1 N–H and O–H groups in total. The number of fused-ring (bicyclic) bond motifs is 1. The lowest BCUT2D eigenvalue weighted by atomic mass is 10.0. The largest absolute Gasteiger partial charge is 0.465 e. The van der Waals surface area contributed by atoms with Gasteiger partial charge in [-0.1, -0.05) is 62.4 Å². The van der Waals surface area contributed by atoms with Crippen LogP contribution in [-0.2, 0) is 16.1 Å². The summed E-state index contributed by atoms with van der Waals surface area (Å²) >= 11 is 0. The van der Waals surface area contributed by atoms with E-state index >= 15 is 0 Å². The zero-order valence-electron chi connectivity index (χ0n) is 21.3. The Hall–Kier alpha value is -3.90. The Balaban J connectivity index is 1.47. The number of nitrogens with zero attached hydrogens (tertiary/aromatic N) is 2. The smallest absolute Gasteiger partial charge is 0.337 e. The highest BCUT2D eigenvalue weighted by Crippen LogP contribution is 2.31. The average Bonchev–Trinajstić information content (AvgIpc) is 3.25. The molecule has 0 saturated heterocycles. The molecule has 0 atom stereocenters. The lowest BCUT2D eigenvalue weighted by molar-refractivity contribution is -0.117. The summed E-state index contributed by atoms with van der Waals surface area (Å²) in [5.41, 5.74) is 5.74. The molecule has 1 aromatic heterocycles. The molecule has 0 fully saturated rings. The topological polar surface area (TPSA) is 63.6 Å². The first-order chi connectivity index (χ1) is 17.4. The quantitative estimate of drug-likeness (QED) is 0.306. The van der Waals surface area contributed by atoms with E-state index in [0.717, 1.165) is 27.7 Å². The monoisotopic (exact) mass is 483 g/mol. The van der Waals surface area contributed by atoms with Gasteiger partial charge in [0.05, 0.1) is 19.2 Å². The van der Waals surface area contributed by atoms with Crippen LogP contribution in [0.3, 0.4) is 0 Å². The molecular weight excluding hydrogens is 450 g/mol. The summed E-state index contributed by atoms with van der Waals surface area (Å²) in [5.74, 6) is 0.0444. The number of benzene rings is 3. The number of likely N-dealkylation sites (N-methyl/N-ethyl adjacent to an activating group) is 1. The molecule has 3 aromatic carbocycles. The molecule has 0 spiro atoms. The van der Waals surface area contributed by atoms with Gasteiger partial charge in [-0.05, 0) is 48.4 Å². The molecule has 4 rings (SSSR count). The molecule has 0 aliphatic heterocycles. The van der Waals surface area contributed by atoms with Crippen molar-refractivity contribution in [2.75, 3.05) is 32.6 Å². The maximum Gasteiger partial charge on any atom is 0.337 e. The van der Waals surface area contributed by atoms with Crippen LogP contribution in [0.25, 0.3) is 22.0 Å². The third-order valence-electron chi connectivity index (χ3n) is 6.39. The van der Waals surface area contributed by atoms with Crippen molar-refractivity contribution < 1.29 is 14.3 Å². The van der Waals surface area contributed by atoms with E-state index in [-0.39, 0.29) is 18.4 Å². The molecule has 0 radical (unpaired) electrons. The number of hydrogen-bond acceptors (Lipinski definition) is 4. The second-order valence-electron chi connectivity index (χ2n) is 9.39. The van der Waals surface area contributed by atoms with Crippen molar-refractivity contribution in [3.8, 4) is 11.1 Å². The number of anilines is 1. The van der Waals surface area contributed by atoms with Crippen molar-refractivity contribution in [3.05, 3.63) is 90.1 Å². The normalized spacial score (nSPS) is 11.3. The first-order valence-electron chi connectivity index (χ1n) is 12.2. The summed E-state index contributed by atoms with van der Waals surface area (Å²) in [6.07, 6.45) is 2.12. The molecule has 6 heteroatoms. The van der Waals surface area contributed by atoms with Crippen LogP contribution in [0.1, 0.15) is 35.7 Å². The Kier molecular flexibility index (Phi) is 7.86. The van der Waals surface area contributed by atoms with Gasteiger partial charge in [-0.15, -0.1) is 0 Å². The van der Waals surface area contributed by atoms with Gasteiger partial charge in [-0.2, -0.15) is 0 Å². The third-order valence-corrected chi connectivity index (χ3v) is 6.39. The van der Waals surface area contributed by atoms with Crippen LogP contribution in [0.4, 0.5) is 5.69 Å². The number of rotatable bonds is 9. The number of carbonyl (C=O) groups excluding carboxylic acids is 2. The first kappa shape index (κ1) is 25.2. The number of ether oxygens (including phenoxy) is 1. The van der Waals surface area contributed by atoms with Gasteiger partial charge < -0.3 is 14.6 Å². The van der Waals surface area contributed by atoms with Crippen molar-refractivity contribution in [1.29, 1.82) is 0 Å². The van der Waals surface area contributed by atoms with Gasteiger partial charge in [-0.3, -0.25) is 9.69 Å². The van der Waals surface area contributed by atoms with E-state index in [0.29, 0.717) is 24.6 Å². The Bertz CT molecular complexity index is 1340. The Morgan fingerprint density at radius 3 is 2.39 bits per heavy atom. The van der Waals surface area contributed by atoms with E-state index in [1.807, 2.05) is 66.5 Å². The highest BCUT2D eigenvalue weighted by molar-refractivity contribution is 6.00. The molecule has 1 heterocycles. The van der Waals surface area contributed by atoms with E-state index in [4.69, 9.17) is 4.74 Å². The summed E-state index contributed by atoms with van der Waals surface area (Å²) < 4.78 is 7.07. The average molecular weight is 484 g/mol. The fraction of sp³-hybridized carbons (Fsp3) is 0.267. The highest BCUT2D eigenvalue weighted by Gasteiger charge is 2.15. The number of nitrogens with one attached hydrogen (secondary N) is 1. The Morgan fingerprint density at radius 2 is 1.72 bits per heavy atom. The lowest BCUT2D eigenvalue weighted by Gasteiger charge is -2.17. The molecule has 36 heavy (non-hydrogen) atoms. The van der Waals surface area contributed by atoms with E-state index < -0.39 is 0 Å². The maximum absolute atomic E-state index is 12.6. The summed E-state index contributed by atoms with van der Waals surface area (Å²) in [4.78, 5) is 26.7. The van der Waals surface area contributed by atoms with Crippen LogP contribution in [0.5, 0.6) is 0 Å². The minimum Gasteiger partial charge on any atom is -0.465 e. The summed E-state index contributed by atoms with van der Waals surface area (Å²) in [5, 5.41) is 4.05. The standard InChI is InChI=1S/C30H33N3O3/c1-21(2)22-10-13-25(14-11-22)31-29(34)20-32(3)16-17-33-19-27(23-8-6-5-7-9-23)26-15-12-24(18-28(26)33)30(35)36-4/h5-15,18-19,21H,16-17,20H2,1-4H3,(H,31,34). The second-order valence-corrected chi connectivity index (χ2v) is 9.39. The molecule has 0 aliphatic carbocycles. The van der Waals surface area contributed by atoms with Gasteiger partial charge in [0.1, 0.15) is 0 Å². The van der Waals surface area contributed by atoms with Crippen LogP contribution < -0.4 is 5.32 Å². The van der Waals surface area contributed by atoms with Crippen molar-refractivity contribution in [3.63, 3.8) is 0 Å². The zero-order chi connectivity index (χ0) is 25.7. The van der Waals surface area contributed by atoms with Gasteiger partial charge >= 0.3 is 5.97 Å². The Morgan fingerprint density at radius 1 is 1.00 bits per heavy atom. The molecule has 0 bridgehead atoms. The minimum absolute atomic E-state index is 0.0508. The minimum atomic E-state index is -0.360. The van der Waals surface area contributed by atoms with Gasteiger partial charge in [0.25, 0.3) is 0 Å². The maximum atomic E-state index is 12.6. The summed E-state index contributed by atoms with van der Waals surface area (Å²) in [6.45, 7) is 5.91. The second kappa shape index (κ2) is 11.2.